The molecule has 2 rings (SSSR count). The molecular formula is C39H56O7. The first-order valence-electron chi connectivity index (χ1n) is 16.3. The van der Waals surface area contributed by atoms with E-state index >= 15 is 0 Å². The summed E-state index contributed by atoms with van der Waals surface area (Å²) >= 11 is 0. The molecule has 0 heterocycles. The highest BCUT2D eigenvalue weighted by Gasteiger charge is 2.40. The summed E-state index contributed by atoms with van der Waals surface area (Å²) in [6.45, 7) is 25.9. The second kappa shape index (κ2) is 14.9. The number of methoxy groups -OCH3 is 1. The van der Waals surface area contributed by atoms with Crippen LogP contribution in [0.4, 0.5) is 0 Å². The van der Waals surface area contributed by atoms with Gasteiger partial charge >= 0.3 is 11.9 Å². The summed E-state index contributed by atoms with van der Waals surface area (Å²) in [4.78, 5) is 39.4. The van der Waals surface area contributed by atoms with Crippen LogP contribution >= 0.6 is 0 Å². The maximum atomic E-state index is 13.6. The Balaban J connectivity index is 2.93. The van der Waals surface area contributed by atoms with Gasteiger partial charge in [-0.05, 0) is 108 Å². The number of rotatable bonds is 13. The van der Waals surface area contributed by atoms with Gasteiger partial charge in [0.1, 0.15) is 23.0 Å². The zero-order chi connectivity index (χ0) is 35.3. The van der Waals surface area contributed by atoms with Crippen LogP contribution in [-0.2, 0) is 20.4 Å². The van der Waals surface area contributed by atoms with Gasteiger partial charge in [-0.1, -0.05) is 48.5 Å². The van der Waals surface area contributed by atoms with Crippen LogP contribution in [0.2, 0.25) is 0 Å². The summed E-state index contributed by atoms with van der Waals surface area (Å²) in [5.74, 6) is 0.815. The van der Waals surface area contributed by atoms with Crippen LogP contribution in [0.25, 0.3) is 6.08 Å². The van der Waals surface area contributed by atoms with Crippen molar-refractivity contribution in [1.82, 2.24) is 0 Å². The molecule has 0 aliphatic heterocycles. The number of benzene rings is 2. The molecular weight excluding hydrogens is 580 g/mol. The minimum Gasteiger partial charge on any atom is -0.496 e. The average molecular weight is 637 g/mol. The molecule has 0 fully saturated rings. The van der Waals surface area contributed by atoms with Crippen LogP contribution in [0.5, 0.6) is 23.0 Å². The van der Waals surface area contributed by atoms with E-state index in [2.05, 4.69) is 41.5 Å². The molecule has 0 spiro atoms. The molecule has 2 aromatic rings. The molecule has 0 atom stereocenters. The third-order valence-corrected chi connectivity index (χ3v) is 8.34. The lowest BCUT2D eigenvalue weighted by molar-refractivity contribution is -0.143. The van der Waals surface area contributed by atoms with E-state index in [1.54, 1.807) is 58.2 Å². The number of allylic oxidation sites excluding steroid dienone is 1. The smallest absolute Gasteiger partial charge is 0.316 e. The third kappa shape index (κ3) is 9.01. The molecule has 0 amide bonds. The molecule has 7 heteroatoms. The van der Waals surface area contributed by atoms with Gasteiger partial charge in [-0.15, -0.1) is 0 Å². The number of hydrogen-bond acceptors (Lipinski definition) is 7. The van der Waals surface area contributed by atoms with E-state index in [4.69, 9.17) is 18.9 Å². The minimum atomic E-state index is -0.790. The van der Waals surface area contributed by atoms with Gasteiger partial charge in [-0.2, -0.15) is 0 Å². The number of ketones is 1. The van der Waals surface area contributed by atoms with Crippen molar-refractivity contribution in [3.63, 3.8) is 0 Å². The van der Waals surface area contributed by atoms with E-state index in [0.717, 1.165) is 30.4 Å². The van der Waals surface area contributed by atoms with Gasteiger partial charge in [0, 0.05) is 16.7 Å². The molecule has 0 aromatic heterocycles. The SMILES string of the molecule is CCCOc1c(C=CC(=O)c2ccc(OC(=O)C(C)(C)C)cc2)c(OC(=O)C(C)(C)C)c(C(C)(C)CC)c(OC)c1C(C)(C)CC. The summed E-state index contributed by atoms with van der Waals surface area (Å²) in [5, 5.41) is 0. The van der Waals surface area contributed by atoms with Crippen LogP contribution in [0.3, 0.4) is 0 Å². The van der Waals surface area contributed by atoms with Crippen LogP contribution in [-0.4, -0.2) is 31.4 Å². The zero-order valence-electron chi connectivity index (χ0n) is 30.7. The fourth-order valence-corrected chi connectivity index (χ4v) is 4.55. The summed E-state index contributed by atoms with van der Waals surface area (Å²) in [6.07, 6.45) is 5.43. The summed E-state index contributed by atoms with van der Waals surface area (Å²) in [6, 6.07) is 6.46. The molecule has 2 aromatic carbocycles. The fraction of sp³-hybridized carbons (Fsp3) is 0.564. The second-order valence-corrected chi connectivity index (χ2v) is 15.2. The number of ether oxygens (including phenoxy) is 4. The Morgan fingerprint density at radius 2 is 1.15 bits per heavy atom. The lowest BCUT2D eigenvalue weighted by Gasteiger charge is -2.36. The normalized spacial score (nSPS) is 12.7. The van der Waals surface area contributed by atoms with E-state index in [0.29, 0.717) is 40.7 Å². The van der Waals surface area contributed by atoms with Crippen LogP contribution < -0.4 is 18.9 Å². The molecule has 0 N–H and O–H groups in total. The van der Waals surface area contributed by atoms with Crippen molar-refractivity contribution >= 4 is 23.8 Å². The zero-order valence-corrected chi connectivity index (χ0v) is 30.7. The maximum absolute atomic E-state index is 13.6. The fourth-order valence-electron chi connectivity index (χ4n) is 4.55. The van der Waals surface area contributed by atoms with Gasteiger partial charge in [0.25, 0.3) is 0 Å². The molecule has 254 valence electrons. The molecule has 0 radical (unpaired) electrons. The summed E-state index contributed by atoms with van der Waals surface area (Å²) in [7, 11) is 1.64. The van der Waals surface area contributed by atoms with Gasteiger partial charge in [0.05, 0.1) is 30.1 Å². The van der Waals surface area contributed by atoms with Crippen molar-refractivity contribution in [2.75, 3.05) is 13.7 Å². The molecule has 0 unspecified atom stereocenters. The second-order valence-electron chi connectivity index (χ2n) is 15.2. The Labute approximate surface area is 277 Å². The predicted molar refractivity (Wildman–Crippen MR) is 185 cm³/mol. The first kappa shape index (κ1) is 38.6. The van der Waals surface area contributed by atoms with E-state index in [1.807, 2.05) is 27.7 Å². The van der Waals surface area contributed by atoms with Crippen molar-refractivity contribution < 1.29 is 33.3 Å². The average Bonchev–Trinajstić information content (AvgIpc) is 2.97. The Kier molecular flexibility index (Phi) is 12.5. The topological polar surface area (TPSA) is 88.1 Å². The van der Waals surface area contributed by atoms with Gasteiger partial charge in [0.15, 0.2) is 5.78 Å². The van der Waals surface area contributed by atoms with E-state index in [9.17, 15) is 14.4 Å². The summed E-state index contributed by atoms with van der Waals surface area (Å²) < 4.78 is 24.5. The standard InChI is InChI=1S/C39H56O7/c1-15-24-44-31-27(22-23-28(40)25-18-20-26(21-19-25)45-34(41)36(4,5)6)32(46-35(42)37(7,8)9)30(39(12,13)17-3)33(43-14)29(31)38(10,11)16-2/h18-23H,15-17,24H2,1-14H3. The van der Waals surface area contributed by atoms with Gasteiger partial charge in [-0.25, -0.2) is 0 Å². The van der Waals surface area contributed by atoms with E-state index < -0.39 is 22.2 Å². The molecule has 0 aliphatic carbocycles. The molecule has 0 aliphatic rings. The first-order valence-corrected chi connectivity index (χ1v) is 16.3. The van der Waals surface area contributed by atoms with Gasteiger partial charge < -0.3 is 18.9 Å². The lowest BCUT2D eigenvalue weighted by Crippen LogP contribution is -2.30. The molecule has 0 saturated heterocycles. The van der Waals surface area contributed by atoms with Crippen molar-refractivity contribution in [3.05, 3.63) is 52.6 Å². The van der Waals surface area contributed by atoms with Crippen molar-refractivity contribution in [1.29, 1.82) is 0 Å². The number of carbonyl (C=O) groups excluding carboxylic acids is 3. The Hall–Kier alpha value is -3.61. The Morgan fingerprint density at radius 1 is 0.674 bits per heavy atom. The molecule has 0 bridgehead atoms. The quantitative estimate of drug-likeness (QED) is 0.0936. The highest BCUT2D eigenvalue weighted by Crippen LogP contribution is 2.54. The van der Waals surface area contributed by atoms with Gasteiger partial charge in [0.2, 0.25) is 0 Å². The first-order chi connectivity index (χ1) is 21.2. The molecule has 46 heavy (non-hydrogen) atoms. The number of carbonyl (C=O) groups is 3. The predicted octanol–water partition coefficient (Wildman–Crippen LogP) is 9.66. The molecule has 7 nitrogen and oxygen atoms in total. The van der Waals surface area contributed by atoms with Crippen LogP contribution in [0, 0.1) is 10.8 Å². The van der Waals surface area contributed by atoms with Crippen molar-refractivity contribution in [2.24, 2.45) is 10.8 Å². The third-order valence-electron chi connectivity index (χ3n) is 8.34. The monoisotopic (exact) mass is 636 g/mol. The Bertz CT molecular complexity index is 1430. The lowest BCUT2D eigenvalue weighted by atomic mass is 9.73. The minimum absolute atomic E-state index is 0.272. The largest absolute Gasteiger partial charge is 0.496 e. The van der Waals surface area contributed by atoms with Crippen LogP contribution in [0.15, 0.2) is 30.3 Å². The highest BCUT2D eigenvalue weighted by atomic mass is 16.5. The number of esters is 2. The van der Waals surface area contributed by atoms with Crippen molar-refractivity contribution in [3.8, 4) is 23.0 Å². The van der Waals surface area contributed by atoms with E-state index in [1.165, 1.54) is 6.08 Å². The Morgan fingerprint density at radius 3 is 1.59 bits per heavy atom. The van der Waals surface area contributed by atoms with Crippen LogP contribution in [0.1, 0.15) is 136 Å². The van der Waals surface area contributed by atoms with Gasteiger partial charge in [-0.3, -0.25) is 14.4 Å². The molecule has 0 saturated carbocycles. The highest BCUT2D eigenvalue weighted by molar-refractivity contribution is 6.07. The van der Waals surface area contributed by atoms with E-state index in [-0.39, 0.29) is 17.2 Å². The van der Waals surface area contributed by atoms with Crippen molar-refractivity contribution in [2.45, 2.75) is 120 Å². The number of hydrogen-bond donors (Lipinski definition) is 0. The summed E-state index contributed by atoms with van der Waals surface area (Å²) in [5.41, 5.74) is 0.263. The maximum Gasteiger partial charge on any atom is 0.316 e.